The first-order valence-corrected chi connectivity index (χ1v) is 20.0. The van der Waals surface area contributed by atoms with Crippen molar-refractivity contribution in [1.82, 2.24) is 4.57 Å². The van der Waals surface area contributed by atoms with E-state index >= 15 is 0 Å². The highest BCUT2D eigenvalue weighted by Crippen LogP contribution is 2.45. The van der Waals surface area contributed by atoms with Crippen LogP contribution in [0.25, 0.3) is 82.8 Å². The zero-order chi connectivity index (χ0) is 38.4. The lowest BCUT2D eigenvalue weighted by Gasteiger charge is -2.24. The summed E-state index contributed by atoms with van der Waals surface area (Å²) >= 11 is 0. The first-order chi connectivity index (χ1) is 27.8. The van der Waals surface area contributed by atoms with E-state index in [1.807, 2.05) is 0 Å². The lowest BCUT2D eigenvalue weighted by atomic mass is 9.58. The van der Waals surface area contributed by atoms with Gasteiger partial charge in [0.05, 0.1) is 5.52 Å². The lowest BCUT2D eigenvalue weighted by Crippen LogP contribution is -2.37. The van der Waals surface area contributed by atoms with Gasteiger partial charge in [0.1, 0.15) is 11.3 Å². The summed E-state index contributed by atoms with van der Waals surface area (Å²) in [6, 6.07) is 59.5. The van der Waals surface area contributed by atoms with E-state index in [1.165, 1.54) is 71.4 Å². The molecule has 8 aromatic carbocycles. The average Bonchev–Trinajstić information content (AvgIpc) is 3.79. The van der Waals surface area contributed by atoms with Crippen LogP contribution in [0.4, 0.5) is 11.4 Å². The Labute approximate surface area is 333 Å². The van der Waals surface area contributed by atoms with Crippen LogP contribution in [0.2, 0.25) is 0 Å². The summed E-state index contributed by atoms with van der Waals surface area (Å²) in [4.78, 5) is 0. The van der Waals surface area contributed by atoms with Gasteiger partial charge in [0.2, 0.25) is 0 Å². The number of anilines is 2. The van der Waals surface area contributed by atoms with Crippen molar-refractivity contribution in [3.05, 3.63) is 175 Å². The molecular formula is C53H41BN2O. The standard InChI is InChI=1S/C53H41BN2O/c1-32-29-40(39-21-13-14-22-43(39)55-37-26-24-36(25-27-37)53(2,3)4)50-51-47(32)49-38-20-12-11-15-33(38)23-28-44(49)56(51)45-30-41-46(31-42(45)54-50)57-52(35-18-9-6-10-19-35)48(41)34-16-7-5-8-17-34/h5-31,54-55H,1-4H3. The maximum Gasteiger partial charge on any atom is 0.198 e. The third-order valence-corrected chi connectivity index (χ3v) is 12.1. The maximum absolute atomic E-state index is 6.92. The van der Waals surface area contributed by atoms with Gasteiger partial charge in [-0.15, -0.1) is 0 Å². The quantitative estimate of drug-likeness (QED) is 0.179. The summed E-state index contributed by atoms with van der Waals surface area (Å²) in [6.07, 6.45) is 0. The van der Waals surface area contributed by atoms with Crippen LogP contribution in [0.3, 0.4) is 0 Å². The molecule has 0 amide bonds. The Balaban J connectivity index is 1.19. The predicted octanol–water partition coefficient (Wildman–Crippen LogP) is 12.7. The third kappa shape index (κ3) is 5.28. The highest BCUT2D eigenvalue weighted by atomic mass is 16.3. The summed E-state index contributed by atoms with van der Waals surface area (Å²) < 4.78 is 9.48. The van der Waals surface area contributed by atoms with E-state index in [0.717, 1.165) is 52.1 Å². The van der Waals surface area contributed by atoms with Crippen LogP contribution in [0, 0.1) is 6.92 Å². The fourth-order valence-electron chi connectivity index (χ4n) is 9.34. The van der Waals surface area contributed by atoms with Crippen LogP contribution in [0.15, 0.2) is 168 Å². The summed E-state index contributed by atoms with van der Waals surface area (Å²) in [5.74, 6) is 0.900. The summed E-state index contributed by atoms with van der Waals surface area (Å²) in [7, 11) is 0.780. The second-order valence-electron chi connectivity index (χ2n) is 16.6. The van der Waals surface area contributed by atoms with Gasteiger partial charge in [-0.3, -0.25) is 0 Å². The molecule has 0 saturated heterocycles. The van der Waals surface area contributed by atoms with Crippen molar-refractivity contribution in [3.8, 4) is 39.3 Å². The lowest BCUT2D eigenvalue weighted by molar-refractivity contribution is 0.590. The van der Waals surface area contributed by atoms with Crippen LogP contribution in [0.1, 0.15) is 31.9 Å². The van der Waals surface area contributed by atoms with Crippen molar-refractivity contribution in [1.29, 1.82) is 0 Å². The van der Waals surface area contributed by atoms with E-state index in [0.29, 0.717) is 0 Å². The molecule has 11 rings (SSSR count). The van der Waals surface area contributed by atoms with Crippen molar-refractivity contribution < 1.29 is 4.42 Å². The molecule has 0 fully saturated rings. The van der Waals surface area contributed by atoms with Crippen molar-refractivity contribution in [3.63, 3.8) is 0 Å². The predicted molar refractivity (Wildman–Crippen MR) is 244 cm³/mol. The molecule has 1 aliphatic rings. The van der Waals surface area contributed by atoms with E-state index in [4.69, 9.17) is 4.42 Å². The van der Waals surface area contributed by atoms with E-state index < -0.39 is 0 Å². The number of nitrogens with zero attached hydrogens (tertiary/aromatic N) is 1. The number of rotatable bonds is 5. The van der Waals surface area contributed by atoms with Gasteiger partial charge in [0, 0.05) is 55.4 Å². The molecule has 0 spiro atoms. The van der Waals surface area contributed by atoms with Gasteiger partial charge in [-0.05, 0) is 87.2 Å². The number of hydrogen-bond acceptors (Lipinski definition) is 2. The highest BCUT2D eigenvalue weighted by molar-refractivity contribution is 6.74. The van der Waals surface area contributed by atoms with Gasteiger partial charge >= 0.3 is 0 Å². The fraction of sp³-hybridized carbons (Fsp3) is 0.0943. The summed E-state index contributed by atoms with van der Waals surface area (Å²) in [5, 5.41) is 10.1. The van der Waals surface area contributed by atoms with E-state index in [9.17, 15) is 0 Å². The number of fused-ring (bicyclic) bond motifs is 8. The average molecular weight is 733 g/mol. The Kier molecular flexibility index (Phi) is 7.43. The number of aryl methyl sites for hydroxylation is 1. The molecule has 272 valence electrons. The molecular weight excluding hydrogens is 691 g/mol. The Morgan fingerprint density at radius 3 is 2.09 bits per heavy atom. The number of benzene rings is 8. The van der Waals surface area contributed by atoms with E-state index in [2.05, 4.69) is 201 Å². The molecule has 57 heavy (non-hydrogen) atoms. The summed E-state index contributed by atoms with van der Waals surface area (Å²) in [6.45, 7) is 9.08. The molecule has 0 radical (unpaired) electrons. The zero-order valence-corrected chi connectivity index (χ0v) is 32.7. The van der Waals surface area contributed by atoms with Crippen LogP contribution in [-0.2, 0) is 5.41 Å². The van der Waals surface area contributed by atoms with Crippen LogP contribution in [-0.4, -0.2) is 11.8 Å². The SMILES string of the molecule is Cc1cc(-c2ccccc2Nc2ccc(C(C)(C)C)cc2)c2c3c1c1c4ccccc4ccc1n3-c1cc3c(-c4ccccc4)c(-c4ccccc4)oc3cc1B2. The molecule has 3 nitrogen and oxygen atoms in total. The second-order valence-corrected chi connectivity index (χ2v) is 16.6. The molecule has 0 atom stereocenters. The largest absolute Gasteiger partial charge is 0.455 e. The summed E-state index contributed by atoms with van der Waals surface area (Å²) in [5.41, 5.74) is 17.9. The van der Waals surface area contributed by atoms with E-state index in [-0.39, 0.29) is 5.41 Å². The van der Waals surface area contributed by atoms with Gasteiger partial charge in [0.25, 0.3) is 0 Å². The highest BCUT2D eigenvalue weighted by Gasteiger charge is 2.30. The van der Waals surface area contributed by atoms with Crippen LogP contribution < -0.4 is 16.2 Å². The van der Waals surface area contributed by atoms with Gasteiger partial charge in [-0.25, -0.2) is 0 Å². The molecule has 0 aliphatic carbocycles. The minimum atomic E-state index is 0.0968. The maximum atomic E-state index is 6.92. The Hall–Kier alpha value is -6.78. The molecule has 0 saturated carbocycles. The van der Waals surface area contributed by atoms with E-state index in [1.54, 1.807) is 0 Å². The molecule has 1 aliphatic heterocycles. The number of hydrogen-bond donors (Lipinski definition) is 1. The van der Waals surface area contributed by atoms with Crippen LogP contribution in [0.5, 0.6) is 0 Å². The topological polar surface area (TPSA) is 30.1 Å². The van der Waals surface area contributed by atoms with Crippen molar-refractivity contribution in [2.24, 2.45) is 0 Å². The van der Waals surface area contributed by atoms with Gasteiger partial charge in [0.15, 0.2) is 7.28 Å². The Bertz CT molecular complexity index is 3200. The molecule has 4 heteroatoms. The number of aromatic nitrogens is 1. The monoisotopic (exact) mass is 732 g/mol. The normalized spacial score (nSPS) is 12.4. The van der Waals surface area contributed by atoms with Crippen LogP contribution >= 0.6 is 0 Å². The molecule has 10 aromatic rings. The zero-order valence-electron chi connectivity index (χ0n) is 32.7. The minimum absolute atomic E-state index is 0.0968. The smallest absolute Gasteiger partial charge is 0.198 e. The second kappa shape index (κ2) is 12.6. The Morgan fingerprint density at radius 2 is 1.32 bits per heavy atom. The molecule has 0 bridgehead atoms. The van der Waals surface area contributed by atoms with Gasteiger partial charge < -0.3 is 14.3 Å². The van der Waals surface area contributed by atoms with Gasteiger partial charge in [-0.1, -0.05) is 154 Å². The third-order valence-electron chi connectivity index (χ3n) is 12.1. The Morgan fingerprint density at radius 1 is 0.614 bits per heavy atom. The van der Waals surface area contributed by atoms with Crippen molar-refractivity contribution in [2.45, 2.75) is 33.1 Å². The molecule has 2 aromatic heterocycles. The minimum Gasteiger partial charge on any atom is -0.455 e. The first kappa shape index (κ1) is 33.6. The van der Waals surface area contributed by atoms with Crippen molar-refractivity contribution in [2.75, 3.05) is 5.32 Å². The van der Waals surface area contributed by atoms with Gasteiger partial charge in [-0.2, -0.15) is 0 Å². The first-order valence-electron chi connectivity index (χ1n) is 20.0. The van der Waals surface area contributed by atoms with Crippen molar-refractivity contribution >= 4 is 73.1 Å². The molecule has 3 heterocycles. The number of para-hydroxylation sites is 1. The molecule has 0 unspecified atom stereocenters. The fourth-order valence-corrected chi connectivity index (χ4v) is 9.34. The number of furan rings is 1. The molecule has 1 N–H and O–H groups in total. The number of nitrogens with one attached hydrogen (secondary N) is 1.